The molecular formula is C13H16BrFO3S. The number of aliphatic hydroxyl groups is 1. The molecule has 0 spiro atoms. The van der Waals surface area contributed by atoms with Crippen molar-refractivity contribution in [1.82, 2.24) is 0 Å². The number of hydrogen-bond donors (Lipinski definition) is 1. The summed E-state index contributed by atoms with van der Waals surface area (Å²) in [5.41, 5.74) is 0.702. The van der Waals surface area contributed by atoms with Crippen molar-refractivity contribution in [3.8, 4) is 0 Å². The molecule has 2 unspecified atom stereocenters. The topological polar surface area (TPSA) is 54.4 Å². The van der Waals surface area contributed by atoms with E-state index in [4.69, 9.17) is 0 Å². The Morgan fingerprint density at radius 2 is 2.21 bits per heavy atom. The first-order valence-corrected chi connectivity index (χ1v) is 8.79. The number of aliphatic hydroxyl groups excluding tert-OH is 1. The van der Waals surface area contributed by atoms with Crippen LogP contribution in [0.1, 0.15) is 18.4 Å². The fourth-order valence-corrected chi connectivity index (χ4v) is 4.77. The highest BCUT2D eigenvalue weighted by molar-refractivity contribution is 9.10. The molecule has 1 aromatic rings. The molecule has 0 radical (unpaired) electrons. The number of rotatable bonds is 4. The normalized spacial score (nSPS) is 23.4. The van der Waals surface area contributed by atoms with Gasteiger partial charge in [0.2, 0.25) is 0 Å². The zero-order valence-electron chi connectivity index (χ0n) is 10.4. The molecule has 6 heteroatoms. The van der Waals surface area contributed by atoms with Crippen LogP contribution in [0, 0.1) is 11.7 Å². The smallest absolute Gasteiger partial charge is 0.150 e. The zero-order chi connectivity index (χ0) is 14.0. The van der Waals surface area contributed by atoms with Crippen LogP contribution in [0.5, 0.6) is 0 Å². The first-order valence-electron chi connectivity index (χ1n) is 6.18. The second-order valence-corrected chi connectivity index (χ2v) is 8.18. The van der Waals surface area contributed by atoms with Crippen LogP contribution in [-0.2, 0) is 16.3 Å². The van der Waals surface area contributed by atoms with Gasteiger partial charge in [-0.05, 0) is 48.9 Å². The van der Waals surface area contributed by atoms with E-state index in [9.17, 15) is 17.9 Å². The molecule has 1 aliphatic rings. The van der Waals surface area contributed by atoms with Gasteiger partial charge in [-0.25, -0.2) is 12.8 Å². The molecule has 0 saturated carbocycles. The van der Waals surface area contributed by atoms with E-state index in [2.05, 4.69) is 15.9 Å². The number of sulfone groups is 1. The molecular weight excluding hydrogens is 335 g/mol. The van der Waals surface area contributed by atoms with Gasteiger partial charge in [0.15, 0.2) is 9.84 Å². The molecule has 1 N–H and O–H groups in total. The molecule has 1 aliphatic heterocycles. The van der Waals surface area contributed by atoms with Crippen molar-refractivity contribution in [2.24, 2.45) is 5.92 Å². The molecule has 0 aromatic heterocycles. The lowest BCUT2D eigenvalue weighted by atomic mass is 9.97. The Kier molecular flexibility index (Phi) is 4.63. The predicted octanol–water partition coefficient (Wildman–Crippen LogP) is 2.32. The molecule has 2 rings (SSSR count). The molecule has 1 fully saturated rings. The van der Waals surface area contributed by atoms with Gasteiger partial charge in [0, 0.05) is 4.47 Å². The van der Waals surface area contributed by atoms with Crippen molar-refractivity contribution in [3.05, 3.63) is 34.1 Å². The molecule has 1 saturated heterocycles. The Morgan fingerprint density at radius 1 is 1.47 bits per heavy atom. The van der Waals surface area contributed by atoms with Gasteiger partial charge in [0.1, 0.15) is 5.82 Å². The minimum Gasteiger partial charge on any atom is -0.393 e. The highest BCUT2D eigenvalue weighted by Crippen LogP contribution is 2.26. The molecule has 0 bridgehead atoms. The maximum absolute atomic E-state index is 13.1. The Labute approximate surface area is 120 Å². The average Bonchev–Trinajstić information content (AvgIpc) is 2.63. The van der Waals surface area contributed by atoms with E-state index in [1.807, 2.05) is 0 Å². The molecule has 1 aromatic carbocycles. The van der Waals surface area contributed by atoms with Gasteiger partial charge >= 0.3 is 0 Å². The van der Waals surface area contributed by atoms with Crippen molar-refractivity contribution >= 4 is 25.8 Å². The van der Waals surface area contributed by atoms with Gasteiger partial charge in [0.25, 0.3) is 0 Å². The molecule has 1 heterocycles. The fourth-order valence-electron chi connectivity index (χ4n) is 2.48. The number of hydrogen-bond acceptors (Lipinski definition) is 3. The Balaban J connectivity index is 1.94. The van der Waals surface area contributed by atoms with Crippen molar-refractivity contribution in [3.63, 3.8) is 0 Å². The van der Waals surface area contributed by atoms with Crippen molar-refractivity contribution in [2.45, 2.75) is 25.4 Å². The molecule has 3 nitrogen and oxygen atoms in total. The molecule has 0 aliphatic carbocycles. The van der Waals surface area contributed by atoms with E-state index in [-0.39, 0.29) is 23.2 Å². The van der Waals surface area contributed by atoms with E-state index in [0.29, 0.717) is 24.8 Å². The first kappa shape index (κ1) is 14.9. The molecule has 0 amide bonds. The summed E-state index contributed by atoms with van der Waals surface area (Å²) in [4.78, 5) is 0. The summed E-state index contributed by atoms with van der Waals surface area (Å²) in [5, 5.41) is 10.0. The van der Waals surface area contributed by atoms with Gasteiger partial charge in [-0.1, -0.05) is 15.9 Å². The first-order chi connectivity index (χ1) is 8.85. The second-order valence-electron chi connectivity index (χ2n) is 5.10. The maximum atomic E-state index is 13.1. The quantitative estimate of drug-likeness (QED) is 0.906. The summed E-state index contributed by atoms with van der Waals surface area (Å²) >= 11 is 3.32. The van der Waals surface area contributed by atoms with Gasteiger partial charge in [0.05, 0.1) is 17.6 Å². The predicted molar refractivity (Wildman–Crippen MR) is 75.2 cm³/mol. The van der Waals surface area contributed by atoms with E-state index in [0.717, 1.165) is 4.47 Å². The van der Waals surface area contributed by atoms with Crippen LogP contribution in [0.4, 0.5) is 4.39 Å². The van der Waals surface area contributed by atoms with E-state index in [1.165, 1.54) is 12.1 Å². The zero-order valence-corrected chi connectivity index (χ0v) is 12.8. The van der Waals surface area contributed by atoms with Crippen molar-refractivity contribution in [1.29, 1.82) is 0 Å². The summed E-state index contributed by atoms with van der Waals surface area (Å²) in [6, 6.07) is 4.35. The monoisotopic (exact) mass is 350 g/mol. The SMILES string of the molecule is O=S1(=O)CCC(CC(O)Cc2cc(F)ccc2Br)C1. The highest BCUT2D eigenvalue weighted by Gasteiger charge is 2.29. The maximum Gasteiger partial charge on any atom is 0.150 e. The van der Waals surface area contributed by atoms with Gasteiger partial charge in [-0.3, -0.25) is 0 Å². The average molecular weight is 351 g/mol. The molecule has 2 atom stereocenters. The van der Waals surface area contributed by atoms with Crippen molar-refractivity contribution in [2.75, 3.05) is 11.5 Å². The van der Waals surface area contributed by atoms with Crippen LogP contribution < -0.4 is 0 Å². The largest absolute Gasteiger partial charge is 0.393 e. The molecule has 106 valence electrons. The lowest BCUT2D eigenvalue weighted by molar-refractivity contribution is 0.146. The number of halogens is 2. The Morgan fingerprint density at radius 3 is 2.84 bits per heavy atom. The Bertz CT molecular complexity index is 559. The third kappa shape index (κ3) is 4.26. The summed E-state index contributed by atoms with van der Waals surface area (Å²) in [7, 11) is -2.91. The number of benzene rings is 1. The fraction of sp³-hybridized carbons (Fsp3) is 0.538. The van der Waals surface area contributed by atoms with Crippen LogP contribution >= 0.6 is 15.9 Å². The van der Waals surface area contributed by atoms with Crippen LogP contribution in [0.15, 0.2) is 22.7 Å². The van der Waals surface area contributed by atoms with E-state index in [1.54, 1.807) is 6.07 Å². The minimum atomic E-state index is -2.91. The summed E-state index contributed by atoms with van der Waals surface area (Å²) < 4.78 is 36.6. The van der Waals surface area contributed by atoms with E-state index >= 15 is 0 Å². The minimum absolute atomic E-state index is 0.0207. The lowest BCUT2D eigenvalue weighted by Gasteiger charge is -2.15. The van der Waals surface area contributed by atoms with Gasteiger partial charge < -0.3 is 5.11 Å². The molecule has 19 heavy (non-hydrogen) atoms. The summed E-state index contributed by atoms with van der Waals surface area (Å²) in [5.74, 6) is 0.0591. The standard InChI is InChI=1S/C13H16BrFO3S/c14-13-2-1-11(15)6-10(13)7-12(16)5-9-3-4-19(17,18)8-9/h1-2,6,9,12,16H,3-5,7-8H2. The third-order valence-electron chi connectivity index (χ3n) is 3.40. The third-order valence-corrected chi connectivity index (χ3v) is 6.01. The van der Waals surface area contributed by atoms with Crippen LogP contribution in [0.25, 0.3) is 0 Å². The van der Waals surface area contributed by atoms with Crippen LogP contribution in [0.2, 0.25) is 0 Å². The van der Waals surface area contributed by atoms with E-state index < -0.39 is 15.9 Å². The second kappa shape index (κ2) is 5.89. The summed E-state index contributed by atoms with van der Waals surface area (Å²) in [6.45, 7) is 0. The lowest BCUT2D eigenvalue weighted by Crippen LogP contribution is -2.17. The van der Waals surface area contributed by atoms with Crippen molar-refractivity contribution < 1.29 is 17.9 Å². The van der Waals surface area contributed by atoms with Crippen LogP contribution in [-0.4, -0.2) is 31.1 Å². The Hall–Kier alpha value is -0.460. The highest BCUT2D eigenvalue weighted by atomic mass is 79.9. The van der Waals surface area contributed by atoms with Gasteiger partial charge in [-0.2, -0.15) is 0 Å². The van der Waals surface area contributed by atoms with Gasteiger partial charge in [-0.15, -0.1) is 0 Å². The van der Waals surface area contributed by atoms with Crippen LogP contribution in [0.3, 0.4) is 0 Å². The summed E-state index contributed by atoms with van der Waals surface area (Å²) in [6.07, 6.45) is 0.747.